The molecular formula is C49H68O8. The van der Waals surface area contributed by atoms with Crippen molar-refractivity contribution in [2.75, 3.05) is 7.11 Å². The van der Waals surface area contributed by atoms with Crippen LogP contribution < -0.4 is 0 Å². The second kappa shape index (κ2) is 25.4. The molecule has 0 spiro atoms. The van der Waals surface area contributed by atoms with E-state index in [-0.39, 0.29) is 60.6 Å². The summed E-state index contributed by atoms with van der Waals surface area (Å²) in [5.41, 5.74) is 7.91. The fourth-order valence-corrected chi connectivity index (χ4v) is 7.10. The van der Waals surface area contributed by atoms with E-state index in [4.69, 9.17) is 19.7 Å². The third kappa shape index (κ3) is 19.7. The van der Waals surface area contributed by atoms with Gasteiger partial charge in [0.15, 0.2) is 0 Å². The quantitative estimate of drug-likeness (QED) is 0.0609. The van der Waals surface area contributed by atoms with Crippen LogP contribution in [0.2, 0.25) is 0 Å². The normalized spacial score (nSPS) is 22.0. The number of esters is 2. The van der Waals surface area contributed by atoms with Crippen LogP contribution in [-0.2, 0) is 28.7 Å². The summed E-state index contributed by atoms with van der Waals surface area (Å²) < 4.78 is 11.2. The van der Waals surface area contributed by atoms with Crippen molar-refractivity contribution in [3.8, 4) is 0 Å². The zero-order valence-corrected chi connectivity index (χ0v) is 36.3. The molecule has 2 N–H and O–H groups in total. The number of carboxylic acid groups (broad SMARTS) is 1. The number of hydrogen-bond acceptors (Lipinski definition) is 7. The van der Waals surface area contributed by atoms with Crippen molar-refractivity contribution < 1.29 is 38.9 Å². The Morgan fingerprint density at radius 3 is 1.79 bits per heavy atom. The second-order valence-electron chi connectivity index (χ2n) is 16.2. The summed E-state index contributed by atoms with van der Waals surface area (Å²) in [6.07, 6.45) is 33.7. The zero-order chi connectivity index (χ0) is 43.2. The second-order valence-corrected chi connectivity index (χ2v) is 16.2. The average molecular weight is 785 g/mol. The number of aliphatic carboxylic acids is 1. The lowest BCUT2D eigenvalue weighted by Gasteiger charge is -2.39. The molecule has 312 valence electrons. The van der Waals surface area contributed by atoms with Gasteiger partial charge in [0.05, 0.1) is 19.3 Å². The SMILES string of the molecule is CC1=CC(OC(=O)CCC(=O)O)CC(C)(C)C1/C=C/C(C)=C/C=C/C(C)=C/C=C/C=C(C)/C=C/C=C(C)/C=C/C1=C(C)CC(OC(=O)CCC=O)CC1(C)C.CO. The van der Waals surface area contributed by atoms with Gasteiger partial charge in [-0.05, 0) is 76.9 Å². The average Bonchev–Trinajstić information content (AvgIpc) is 3.11. The number of carbonyl (C=O) groups is 4. The fraction of sp³-hybridized carbons (Fsp3) is 0.469. The number of aliphatic hydroxyl groups excluding tert-OH is 1. The van der Waals surface area contributed by atoms with Crippen molar-refractivity contribution in [3.05, 3.63) is 130 Å². The lowest BCUT2D eigenvalue weighted by atomic mass is 9.67. The molecule has 3 atom stereocenters. The maximum Gasteiger partial charge on any atom is 0.306 e. The first-order chi connectivity index (χ1) is 26.8. The molecule has 0 aliphatic heterocycles. The third-order valence-electron chi connectivity index (χ3n) is 9.89. The number of allylic oxidation sites excluding steroid dienone is 20. The number of carboxylic acids is 1. The molecule has 0 heterocycles. The summed E-state index contributed by atoms with van der Waals surface area (Å²) in [5.74, 6) is -1.59. The van der Waals surface area contributed by atoms with Crippen LogP contribution in [0.4, 0.5) is 0 Å². The monoisotopic (exact) mass is 784 g/mol. The van der Waals surface area contributed by atoms with Gasteiger partial charge in [0.1, 0.15) is 18.5 Å². The van der Waals surface area contributed by atoms with E-state index < -0.39 is 11.9 Å². The van der Waals surface area contributed by atoms with E-state index in [9.17, 15) is 19.2 Å². The van der Waals surface area contributed by atoms with E-state index in [1.54, 1.807) is 0 Å². The molecule has 0 bridgehead atoms. The first-order valence-electron chi connectivity index (χ1n) is 19.8. The van der Waals surface area contributed by atoms with Gasteiger partial charge in [0.2, 0.25) is 0 Å². The summed E-state index contributed by atoms with van der Waals surface area (Å²) >= 11 is 0. The molecule has 8 nitrogen and oxygen atoms in total. The van der Waals surface area contributed by atoms with Gasteiger partial charge in [-0.15, -0.1) is 0 Å². The first kappa shape index (κ1) is 50.2. The van der Waals surface area contributed by atoms with Crippen LogP contribution in [0.3, 0.4) is 0 Å². The van der Waals surface area contributed by atoms with Gasteiger partial charge in [0, 0.05) is 25.9 Å². The van der Waals surface area contributed by atoms with Crippen LogP contribution >= 0.6 is 0 Å². The van der Waals surface area contributed by atoms with Crippen LogP contribution in [0.5, 0.6) is 0 Å². The molecule has 8 heteroatoms. The highest BCUT2D eigenvalue weighted by Gasteiger charge is 2.37. The Hall–Kier alpha value is -4.82. The maximum absolute atomic E-state index is 12.1. The van der Waals surface area contributed by atoms with Crippen LogP contribution in [0.15, 0.2) is 130 Å². The van der Waals surface area contributed by atoms with Crippen molar-refractivity contribution >= 4 is 24.2 Å². The van der Waals surface area contributed by atoms with Gasteiger partial charge in [-0.2, -0.15) is 0 Å². The lowest BCUT2D eigenvalue weighted by molar-refractivity contribution is -0.151. The van der Waals surface area contributed by atoms with Crippen molar-refractivity contribution in [3.63, 3.8) is 0 Å². The number of hydrogen-bond donors (Lipinski definition) is 2. The number of aldehydes is 1. The molecule has 0 aromatic carbocycles. The minimum absolute atomic E-state index is 0.116. The van der Waals surface area contributed by atoms with Crippen LogP contribution in [0, 0.1) is 16.7 Å². The summed E-state index contributed by atoms with van der Waals surface area (Å²) in [7, 11) is 1.00. The molecule has 57 heavy (non-hydrogen) atoms. The van der Waals surface area contributed by atoms with E-state index in [1.807, 2.05) is 24.3 Å². The van der Waals surface area contributed by atoms with Crippen molar-refractivity contribution in [1.82, 2.24) is 0 Å². The van der Waals surface area contributed by atoms with Gasteiger partial charge in [0.25, 0.3) is 0 Å². The summed E-state index contributed by atoms with van der Waals surface area (Å²) in [6, 6.07) is 0. The van der Waals surface area contributed by atoms with E-state index >= 15 is 0 Å². The molecule has 3 unspecified atom stereocenters. The van der Waals surface area contributed by atoms with E-state index in [2.05, 4.69) is 136 Å². The Balaban J connectivity index is 0.00000799. The molecular weight excluding hydrogens is 717 g/mol. The highest BCUT2D eigenvalue weighted by atomic mass is 16.5. The van der Waals surface area contributed by atoms with Gasteiger partial charge in [-0.3, -0.25) is 14.4 Å². The maximum atomic E-state index is 12.1. The van der Waals surface area contributed by atoms with Gasteiger partial charge in [-0.25, -0.2) is 0 Å². The summed E-state index contributed by atoms with van der Waals surface area (Å²) in [6.45, 7) is 21.2. The molecule has 2 aliphatic carbocycles. The molecule has 0 saturated carbocycles. The fourth-order valence-electron chi connectivity index (χ4n) is 7.10. The number of aliphatic hydroxyl groups is 1. The lowest BCUT2D eigenvalue weighted by Crippen LogP contribution is -2.35. The number of rotatable bonds is 18. The smallest absolute Gasteiger partial charge is 0.306 e. The topological polar surface area (TPSA) is 127 Å². The Morgan fingerprint density at radius 2 is 1.26 bits per heavy atom. The van der Waals surface area contributed by atoms with Crippen molar-refractivity contribution in [2.45, 2.75) is 126 Å². The molecule has 0 aromatic heterocycles. The van der Waals surface area contributed by atoms with Gasteiger partial charge < -0.3 is 24.5 Å². The molecule has 0 amide bonds. The highest BCUT2D eigenvalue weighted by Crippen LogP contribution is 2.43. The molecule has 0 saturated heterocycles. The molecule has 0 fully saturated rings. The number of carbonyl (C=O) groups excluding carboxylic acids is 3. The third-order valence-corrected chi connectivity index (χ3v) is 9.89. The van der Waals surface area contributed by atoms with Crippen molar-refractivity contribution in [2.24, 2.45) is 16.7 Å². The minimum atomic E-state index is -1.00. The predicted octanol–water partition coefficient (Wildman–Crippen LogP) is 11.0. The molecule has 0 radical (unpaired) electrons. The molecule has 2 rings (SSSR count). The van der Waals surface area contributed by atoms with Crippen molar-refractivity contribution in [1.29, 1.82) is 0 Å². The number of ether oxygens (including phenoxy) is 2. The van der Waals surface area contributed by atoms with E-state index in [1.165, 1.54) is 11.1 Å². The summed E-state index contributed by atoms with van der Waals surface area (Å²) in [5, 5.41) is 15.8. The molecule has 0 aromatic rings. The van der Waals surface area contributed by atoms with Gasteiger partial charge >= 0.3 is 17.9 Å². The van der Waals surface area contributed by atoms with Crippen LogP contribution in [0.1, 0.15) is 114 Å². The predicted molar refractivity (Wildman–Crippen MR) is 232 cm³/mol. The Kier molecular flexibility index (Phi) is 22.4. The van der Waals surface area contributed by atoms with E-state index in [0.717, 1.165) is 47.7 Å². The minimum Gasteiger partial charge on any atom is -0.481 e. The first-order valence-corrected chi connectivity index (χ1v) is 19.8. The Bertz CT molecular complexity index is 1730. The zero-order valence-electron chi connectivity index (χ0n) is 36.3. The summed E-state index contributed by atoms with van der Waals surface area (Å²) in [4.78, 5) is 45.5. The van der Waals surface area contributed by atoms with Crippen LogP contribution in [-0.4, -0.2) is 53.7 Å². The van der Waals surface area contributed by atoms with E-state index in [0.29, 0.717) is 12.8 Å². The van der Waals surface area contributed by atoms with Gasteiger partial charge in [-0.1, -0.05) is 146 Å². The standard InChI is InChI=1S/C48H64O7.CH4O/c1-34(18-13-20-36(3)23-25-42-38(5)30-40(32-47(42,7)8)54-45(52)22-15-29-49)16-11-12-17-35(2)19-14-21-37(4)24-26-43-39(6)31-41(33-48(43,9)10)55-46(53)28-27-44(50)51;1-2/h11-14,16-21,23-26,29,31,40-41,43H,15,22,27-28,30,32-33H2,1-10H3,(H,50,51);2H,1H3/b12-11+,18-13+,19-14+,25-23+,26-24+,34-16+,35-17+,36-20+,37-21+;. The van der Waals surface area contributed by atoms with Crippen LogP contribution in [0.25, 0.3) is 0 Å². The largest absolute Gasteiger partial charge is 0.481 e. The molecule has 2 aliphatic rings. The Labute approximate surface area is 342 Å². The Morgan fingerprint density at radius 1 is 0.737 bits per heavy atom. The highest BCUT2D eigenvalue weighted by molar-refractivity contribution is 5.76.